The molecule has 0 spiro atoms. The SMILES string of the molecule is CCCCNCCN=C1C=CC2CCN=CC(c3cccc(C4CN4)c3)=C2N1. The van der Waals surface area contributed by atoms with Crippen molar-refractivity contribution in [1.82, 2.24) is 16.0 Å². The van der Waals surface area contributed by atoms with Crippen LogP contribution in [0.5, 0.6) is 0 Å². The number of nitrogens with zero attached hydrogens (tertiary/aromatic N) is 2. The minimum Gasteiger partial charge on any atom is -0.343 e. The summed E-state index contributed by atoms with van der Waals surface area (Å²) in [5.41, 5.74) is 5.03. The highest BCUT2D eigenvalue weighted by Crippen LogP contribution is 2.31. The zero-order chi connectivity index (χ0) is 19.2. The molecule has 3 N–H and O–H groups in total. The number of nitrogens with one attached hydrogen (secondary N) is 3. The first-order valence-electron chi connectivity index (χ1n) is 10.6. The van der Waals surface area contributed by atoms with Crippen LogP contribution < -0.4 is 16.0 Å². The number of unbranched alkanes of at least 4 members (excludes halogenated alkanes) is 1. The third-order valence-corrected chi connectivity index (χ3v) is 5.49. The van der Waals surface area contributed by atoms with Gasteiger partial charge in [0, 0.05) is 49.1 Å². The largest absolute Gasteiger partial charge is 0.343 e. The summed E-state index contributed by atoms with van der Waals surface area (Å²) in [7, 11) is 0. The molecule has 2 unspecified atom stereocenters. The van der Waals surface area contributed by atoms with Crippen LogP contribution in [0.25, 0.3) is 5.57 Å². The molecule has 1 aromatic carbocycles. The Bertz CT molecular complexity index is 801. The fourth-order valence-electron chi connectivity index (χ4n) is 3.74. The van der Waals surface area contributed by atoms with E-state index in [9.17, 15) is 0 Å². The molecule has 148 valence electrons. The molecule has 1 saturated heterocycles. The average Bonchev–Trinajstić information content (AvgIpc) is 3.57. The monoisotopic (exact) mass is 377 g/mol. The Balaban J connectivity index is 1.52. The molecule has 3 heterocycles. The highest BCUT2D eigenvalue weighted by atomic mass is 15.1. The first-order chi connectivity index (χ1) is 13.8. The molecule has 28 heavy (non-hydrogen) atoms. The van der Waals surface area contributed by atoms with E-state index in [1.54, 1.807) is 0 Å². The molecule has 0 radical (unpaired) electrons. The molecule has 1 aromatic rings. The Morgan fingerprint density at radius 3 is 3.07 bits per heavy atom. The third-order valence-electron chi connectivity index (χ3n) is 5.49. The van der Waals surface area contributed by atoms with Gasteiger partial charge in [0.2, 0.25) is 0 Å². The van der Waals surface area contributed by atoms with Gasteiger partial charge in [0.1, 0.15) is 5.84 Å². The Hall–Kier alpha value is -2.24. The van der Waals surface area contributed by atoms with Crippen molar-refractivity contribution >= 4 is 17.6 Å². The molecular formula is C23H31N5. The predicted molar refractivity (Wildman–Crippen MR) is 118 cm³/mol. The number of allylic oxidation sites excluding steroid dienone is 2. The van der Waals surface area contributed by atoms with Crippen molar-refractivity contribution in [3.05, 3.63) is 53.2 Å². The van der Waals surface area contributed by atoms with Crippen LogP contribution in [-0.2, 0) is 0 Å². The van der Waals surface area contributed by atoms with Gasteiger partial charge >= 0.3 is 0 Å². The maximum absolute atomic E-state index is 4.75. The van der Waals surface area contributed by atoms with Crippen LogP contribution in [-0.4, -0.2) is 44.8 Å². The fourth-order valence-corrected chi connectivity index (χ4v) is 3.74. The molecule has 0 aliphatic carbocycles. The van der Waals surface area contributed by atoms with Gasteiger partial charge in [0.25, 0.3) is 0 Å². The molecule has 3 aliphatic heterocycles. The smallest absolute Gasteiger partial charge is 0.124 e. The zero-order valence-electron chi connectivity index (χ0n) is 16.7. The van der Waals surface area contributed by atoms with Gasteiger partial charge in [0.15, 0.2) is 0 Å². The Labute approximate surface area is 168 Å². The summed E-state index contributed by atoms with van der Waals surface area (Å²) in [5, 5.41) is 10.5. The molecule has 5 nitrogen and oxygen atoms in total. The second-order valence-electron chi connectivity index (χ2n) is 7.70. The average molecular weight is 378 g/mol. The standard InChI is InChI=1S/C23H31N5/c1-2-3-10-24-12-13-26-22-8-7-17-9-11-25-15-20(23(17)28-22)18-5-4-6-19(14-18)21-16-27-21/h4-8,14-15,17,21,24,27H,2-3,9-13,16H2,1H3,(H,26,28). The Kier molecular flexibility index (Phi) is 6.34. The van der Waals surface area contributed by atoms with Crippen LogP contribution in [0.4, 0.5) is 0 Å². The number of fused-ring (bicyclic) bond motifs is 1. The fraction of sp³-hybridized carbons (Fsp3) is 0.478. The van der Waals surface area contributed by atoms with Crippen molar-refractivity contribution in [3.63, 3.8) is 0 Å². The van der Waals surface area contributed by atoms with E-state index < -0.39 is 0 Å². The maximum atomic E-state index is 4.75. The van der Waals surface area contributed by atoms with Crippen molar-refractivity contribution < 1.29 is 0 Å². The van der Waals surface area contributed by atoms with Gasteiger partial charge in [-0.05, 0) is 42.7 Å². The van der Waals surface area contributed by atoms with Gasteiger partial charge in [-0.2, -0.15) is 0 Å². The second kappa shape index (κ2) is 9.30. The molecule has 0 amide bonds. The molecule has 2 atom stereocenters. The number of benzene rings is 1. The van der Waals surface area contributed by atoms with E-state index in [0.29, 0.717) is 12.0 Å². The van der Waals surface area contributed by atoms with Gasteiger partial charge in [-0.3, -0.25) is 9.98 Å². The van der Waals surface area contributed by atoms with Gasteiger partial charge < -0.3 is 16.0 Å². The first-order valence-corrected chi connectivity index (χ1v) is 10.6. The summed E-state index contributed by atoms with van der Waals surface area (Å²) < 4.78 is 0. The Morgan fingerprint density at radius 1 is 1.29 bits per heavy atom. The predicted octanol–water partition coefficient (Wildman–Crippen LogP) is 3.08. The van der Waals surface area contributed by atoms with Crippen LogP contribution in [0.2, 0.25) is 0 Å². The van der Waals surface area contributed by atoms with Crippen molar-refractivity contribution in [2.24, 2.45) is 15.9 Å². The lowest BCUT2D eigenvalue weighted by atomic mass is 9.91. The number of amidine groups is 1. The molecule has 1 fully saturated rings. The van der Waals surface area contributed by atoms with Crippen LogP contribution in [0.1, 0.15) is 43.4 Å². The highest BCUT2D eigenvalue weighted by molar-refractivity contribution is 6.13. The summed E-state index contributed by atoms with van der Waals surface area (Å²) in [6.07, 6.45) is 9.95. The van der Waals surface area contributed by atoms with E-state index in [0.717, 1.165) is 45.0 Å². The van der Waals surface area contributed by atoms with E-state index in [1.165, 1.54) is 35.2 Å². The first kappa shape index (κ1) is 19.1. The van der Waals surface area contributed by atoms with Crippen molar-refractivity contribution in [2.75, 3.05) is 32.7 Å². The quantitative estimate of drug-likeness (QED) is 0.482. The summed E-state index contributed by atoms with van der Waals surface area (Å²) in [6.45, 7) is 6.95. The number of rotatable bonds is 8. The summed E-state index contributed by atoms with van der Waals surface area (Å²) >= 11 is 0. The van der Waals surface area contributed by atoms with Crippen molar-refractivity contribution in [3.8, 4) is 0 Å². The molecule has 5 heteroatoms. The lowest BCUT2D eigenvalue weighted by Gasteiger charge is -2.24. The van der Waals surface area contributed by atoms with E-state index in [-0.39, 0.29) is 0 Å². The number of hydrogen-bond donors (Lipinski definition) is 3. The van der Waals surface area contributed by atoms with Gasteiger partial charge in [-0.15, -0.1) is 0 Å². The molecule has 0 saturated carbocycles. The van der Waals surface area contributed by atoms with E-state index in [1.807, 2.05) is 6.21 Å². The highest BCUT2D eigenvalue weighted by Gasteiger charge is 2.25. The topological polar surface area (TPSA) is 70.7 Å². The zero-order valence-corrected chi connectivity index (χ0v) is 16.7. The Morgan fingerprint density at radius 2 is 2.21 bits per heavy atom. The lowest BCUT2D eigenvalue weighted by molar-refractivity contribution is 0.642. The molecule has 4 rings (SSSR count). The minimum atomic E-state index is 0.377. The molecule has 0 bridgehead atoms. The van der Waals surface area contributed by atoms with E-state index in [2.05, 4.69) is 64.3 Å². The minimum absolute atomic E-state index is 0.377. The van der Waals surface area contributed by atoms with Crippen molar-refractivity contribution in [2.45, 2.75) is 32.2 Å². The van der Waals surface area contributed by atoms with Crippen LogP contribution in [0, 0.1) is 5.92 Å². The van der Waals surface area contributed by atoms with Crippen molar-refractivity contribution in [1.29, 1.82) is 0 Å². The molecular weight excluding hydrogens is 346 g/mol. The second-order valence-corrected chi connectivity index (χ2v) is 7.70. The van der Waals surface area contributed by atoms with Gasteiger partial charge in [0.05, 0.1) is 6.54 Å². The van der Waals surface area contributed by atoms with Crippen LogP contribution in [0.15, 0.2) is 52.1 Å². The summed E-state index contributed by atoms with van der Waals surface area (Å²) in [5.74, 6) is 1.33. The van der Waals surface area contributed by atoms with E-state index >= 15 is 0 Å². The number of aliphatic imine (C=N–C) groups is 2. The van der Waals surface area contributed by atoms with Crippen LogP contribution >= 0.6 is 0 Å². The summed E-state index contributed by atoms with van der Waals surface area (Å²) in [6, 6.07) is 9.37. The normalized spacial score (nSPS) is 24.8. The van der Waals surface area contributed by atoms with Gasteiger partial charge in [-0.25, -0.2) is 0 Å². The maximum Gasteiger partial charge on any atom is 0.124 e. The third kappa shape index (κ3) is 4.78. The summed E-state index contributed by atoms with van der Waals surface area (Å²) in [4.78, 5) is 9.40. The van der Waals surface area contributed by atoms with Gasteiger partial charge in [-0.1, -0.05) is 37.6 Å². The molecule has 3 aliphatic rings. The van der Waals surface area contributed by atoms with E-state index in [4.69, 9.17) is 4.99 Å². The molecule has 0 aromatic heterocycles. The lowest BCUT2D eigenvalue weighted by Crippen LogP contribution is -2.31. The number of hydrogen-bond acceptors (Lipinski definition) is 4. The van der Waals surface area contributed by atoms with Crippen LogP contribution in [0.3, 0.4) is 0 Å².